The van der Waals surface area contributed by atoms with E-state index in [9.17, 15) is 62.1 Å². The van der Waals surface area contributed by atoms with E-state index < -0.39 is 78.8 Å². The molecule has 21 nitrogen and oxygen atoms in total. The van der Waals surface area contributed by atoms with Crippen molar-refractivity contribution < 1.29 is 90.5 Å². The van der Waals surface area contributed by atoms with E-state index in [1.165, 1.54) is 7.11 Å². The second kappa shape index (κ2) is 46.5. The maximum atomic E-state index is 13.9. The summed E-state index contributed by atoms with van der Waals surface area (Å²) in [4.78, 5) is 105. The third-order valence-corrected chi connectivity index (χ3v) is 22.7. The molecule has 1 aliphatic carbocycles. The first-order valence-corrected chi connectivity index (χ1v) is 39.1. The van der Waals surface area contributed by atoms with E-state index >= 15 is 0 Å². The van der Waals surface area contributed by atoms with Crippen molar-refractivity contribution in [3.8, 4) is 11.1 Å². The fraction of sp³-hybridized carbons (Fsp3) is 0.628. The minimum Gasteiger partial charge on any atom is -0.481 e. The Morgan fingerprint density at radius 1 is 0.591 bits per heavy atom. The molecule has 0 spiro atoms. The minimum absolute atomic E-state index is 0.00974. The zero-order valence-corrected chi connectivity index (χ0v) is 68.4. The number of alkyl halides is 3. The number of methoxy groups -OCH3 is 4. The molecule has 0 saturated carbocycles. The smallest absolute Gasteiger partial charge is 0.446 e. The molecule has 0 bridgehead atoms. The van der Waals surface area contributed by atoms with E-state index in [4.69, 9.17) is 28.5 Å². The Morgan fingerprint density at radius 2 is 1.07 bits per heavy atom. The summed E-state index contributed by atoms with van der Waals surface area (Å²) in [6.07, 6.45) is -3.34. The molecule has 2 saturated heterocycles. The van der Waals surface area contributed by atoms with Gasteiger partial charge < -0.3 is 64.3 Å². The Kier molecular flexibility index (Phi) is 40.1. The van der Waals surface area contributed by atoms with Crippen molar-refractivity contribution in [3.05, 3.63) is 131 Å². The number of Topliss-reactive ketones (excluding diaryl/α,β-unsaturated/α-hetero) is 1. The molecule has 4 aromatic rings. The molecule has 2 aliphatic heterocycles. The highest BCUT2D eigenvalue weighted by Gasteiger charge is 2.44. The molecule has 3 aliphatic rings. The number of hydrogen-bond donors (Lipinski definition) is 5. The van der Waals surface area contributed by atoms with Gasteiger partial charge in [0.05, 0.1) is 91.9 Å². The average Bonchev–Trinajstić information content (AvgIpc) is 1.61. The number of likely N-dealkylation sites (tertiary alicyclic amines) is 1. The van der Waals surface area contributed by atoms with Crippen molar-refractivity contribution in [2.24, 2.45) is 53.3 Å². The Morgan fingerprint density at radius 3 is 1.52 bits per heavy atom. The highest BCUT2D eigenvalue weighted by atomic mass is 19.4. The predicted molar refractivity (Wildman–Crippen MR) is 419 cm³/mol. The van der Waals surface area contributed by atoms with Crippen LogP contribution < -0.4 is 10.6 Å². The topological polar surface area (TPSA) is 277 Å². The monoisotopic (exact) mass is 1540 g/mol. The molecular weight excluding hydrogens is 1420 g/mol. The van der Waals surface area contributed by atoms with Crippen molar-refractivity contribution >= 4 is 47.6 Å². The summed E-state index contributed by atoms with van der Waals surface area (Å²) in [7, 11) is 9.83. The first kappa shape index (κ1) is 94.9. The molecule has 4 aromatic carbocycles. The number of benzene rings is 4. The standard InChI is InChI=1S/C34H57N3O6.C31H41NO6.C19H29NO3.C2HF3O/c1-11-22(4)30(36(8)34(41)23(5)21(2)3)28(42-9)20-29(38)37-19-15-18-27(37)32(43-10)24(6)33(40)35-25(7)31(39)26-16-13-12-14-17-26;1-7-20(4)30(27(37-6)17-28(33)34)32(5)31(36)25(19(2)3)16-29(35)38-18-26-23-14-10-8-12-21(23)22-13-9-11-15-24(22)26;1-13(18(22)15-8-5-4-6-9-15)12-17(21)14(2)19(23-3)16-10-7-11-20-16;3-2(4,5)1-6/h12-14,16-17,21-25,27-28,30-32,39H,11,15,18-20H2,1-10H3,(H,35,40);8-15,19-20,25-27,30H,7,16-18H2,1-6H3,(H,33,34);4-6,8-9,13-14,16,18-20,22H,7,10-12H2,1-3H3;1H/t22-,23-,24+,25+,27-,28+,30-,31+,32+;20-,25-,27+,30-;13-,14-,16-,18+,19+;/m000./s1. The molecular formula is C86H128F3N5O16. The summed E-state index contributed by atoms with van der Waals surface area (Å²) in [6, 6.07) is 33.9. The van der Waals surface area contributed by atoms with Gasteiger partial charge in [-0.3, -0.25) is 38.4 Å². The number of nitrogens with one attached hydrogen (secondary N) is 2. The number of halogens is 3. The summed E-state index contributed by atoms with van der Waals surface area (Å²) >= 11 is 0. The van der Waals surface area contributed by atoms with Gasteiger partial charge in [-0.05, 0) is 102 Å². The number of aliphatic carboxylic acids is 1. The van der Waals surface area contributed by atoms with Crippen LogP contribution in [0.4, 0.5) is 13.2 Å². The van der Waals surface area contributed by atoms with Crippen molar-refractivity contribution in [2.45, 2.75) is 233 Å². The number of ether oxygens (including phenoxy) is 5. The number of carbonyl (C=O) groups is 8. The number of aldehydes is 1. The number of nitrogens with zero attached hydrogens (tertiary/aromatic N) is 3. The Bertz CT molecular complexity index is 3430. The first-order chi connectivity index (χ1) is 52.0. The minimum atomic E-state index is -4.64. The van der Waals surface area contributed by atoms with Crippen LogP contribution in [0.1, 0.15) is 195 Å². The van der Waals surface area contributed by atoms with E-state index in [1.54, 1.807) is 52.0 Å². The Balaban J connectivity index is 0.000000347. The number of carbonyl (C=O) groups excluding carboxylic acids is 7. The summed E-state index contributed by atoms with van der Waals surface area (Å²) in [5.74, 6) is -3.06. The Hall–Kier alpha value is -7.45. The van der Waals surface area contributed by atoms with Crippen LogP contribution in [0.5, 0.6) is 0 Å². The molecule has 2 fully saturated rings. The summed E-state index contributed by atoms with van der Waals surface area (Å²) in [5.41, 5.74) is 6.18. The van der Waals surface area contributed by atoms with Crippen LogP contribution in [0, 0.1) is 53.3 Å². The number of hydrogen-bond acceptors (Lipinski definition) is 16. The van der Waals surface area contributed by atoms with Gasteiger partial charge >= 0.3 is 18.1 Å². The first-order valence-electron chi connectivity index (χ1n) is 39.1. The zero-order valence-electron chi connectivity index (χ0n) is 68.4. The average molecular weight is 1540 g/mol. The van der Waals surface area contributed by atoms with Gasteiger partial charge in [0.1, 0.15) is 12.4 Å². The summed E-state index contributed by atoms with van der Waals surface area (Å²) in [6.45, 7) is 27.3. The third kappa shape index (κ3) is 27.2. The van der Waals surface area contributed by atoms with Gasteiger partial charge in [-0.25, -0.2) is 0 Å². The lowest BCUT2D eigenvalue weighted by Crippen LogP contribution is -2.54. The highest BCUT2D eigenvalue weighted by Crippen LogP contribution is 2.45. The highest BCUT2D eigenvalue weighted by molar-refractivity contribution is 5.85. The second-order valence-electron chi connectivity index (χ2n) is 30.8. The number of ketones is 1. The van der Waals surface area contributed by atoms with Crippen molar-refractivity contribution in [3.63, 3.8) is 0 Å². The number of likely N-dealkylation sites (N-methyl/N-ethyl adjacent to an activating group) is 2. The molecule has 5 N–H and O–H groups in total. The molecule has 110 heavy (non-hydrogen) atoms. The van der Waals surface area contributed by atoms with Crippen molar-refractivity contribution in [1.82, 2.24) is 25.3 Å². The molecule has 7 rings (SSSR count). The predicted octanol–water partition coefficient (Wildman–Crippen LogP) is 13.3. The molecule has 0 unspecified atom stereocenters. The van der Waals surface area contributed by atoms with Gasteiger partial charge in [-0.2, -0.15) is 13.2 Å². The molecule has 4 amide bonds. The lowest BCUT2D eigenvalue weighted by Gasteiger charge is -2.40. The number of carboxylic acid groups (broad SMARTS) is 1. The van der Waals surface area contributed by atoms with Crippen LogP contribution in [0.3, 0.4) is 0 Å². The fourth-order valence-corrected chi connectivity index (χ4v) is 15.4. The molecule has 24 heteroatoms. The van der Waals surface area contributed by atoms with Crippen molar-refractivity contribution in [2.75, 3.05) is 62.2 Å². The number of amides is 4. The molecule has 0 radical (unpaired) electrons. The van der Waals surface area contributed by atoms with Gasteiger partial charge in [0.2, 0.25) is 29.9 Å². The SMILES string of the molecule is CC[C@H](C)[C@@H]([C@@H](CC(=O)N1CCC[C@H]1[C@H](OC)[C@@H](C)C(=O)N[C@H](C)[C@@H](O)c1ccccc1)OC)N(C)C(=O)[C@@H](C)C(C)C.CC[C@H](C)[C@@H]([C@@H](CC(=O)O)OC)N(C)C(=O)[C@@H](CC(=O)OCC1c2ccccc2-c2ccccc21)C(C)C.CO[C@@H]([C@@H]1CCCN1)[C@@H](C)C(=O)C[C@H](C)[C@@H](O)c1ccccc1.O=CC(F)(F)F. The fourth-order valence-electron chi connectivity index (χ4n) is 15.4. The van der Waals surface area contributed by atoms with Gasteiger partial charge in [0.15, 0.2) is 0 Å². The maximum absolute atomic E-state index is 13.9. The number of fused-ring (bicyclic) bond motifs is 3. The molecule has 0 aromatic heterocycles. The van der Waals surface area contributed by atoms with E-state index in [0.717, 1.165) is 78.5 Å². The lowest BCUT2D eigenvalue weighted by molar-refractivity contribution is -0.156. The van der Waals surface area contributed by atoms with E-state index in [-0.39, 0.29) is 127 Å². The van der Waals surface area contributed by atoms with Crippen LogP contribution in [0.2, 0.25) is 0 Å². The third-order valence-electron chi connectivity index (χ3n) is 22.7. The molecule has 18 atom stereocenters. The quantitative estimate of drug-likeness (QED) is 0.0207. The zero-order chi connectivity index (χ0) is 82.4. The number of aliphatic hydroxyl groups is 2. The van der Waals surface area contributed by atoms with Crippen LogP contribution in [0.25, 0.3) is 11.1 Å². The van der Waals surface area contributed by atoms with Gasteiger partial charge in [-0.15, -0.1) is 0 Å². The van der Waals surface area contributed by atoms with E-state index in [0.29, 0.717) is 13.0 Å². The lowest BCUT2D eigenvalue weighted by atomic mass is 9.85. The summed E-state index contributed by atoms with van der Waals surface area (Å²) < 4.78 is 60.0. The number of aliphatic hydroxyl groups excluding tert-OH is 2. The van der Waals surface area contributed by atoms with E-state index in [2.05, 4.69) is 48.7 Å². The van der Waals surface area contributed by atoms with Crippen LogP contribution in [-0.2, 0) is 62.0 Å². The Labute approximate surface area is 651 Å². The van der Waals surface area contributed by atoms with Gasteiger partial charge in [-0.1, -0.05) is 205 Å². The largest absolute Gasteiger partial charge is 0.481 e. The van der Waals surface area contributed by atoms with E-state index in [1.807, 2.05) is 159 Å². The second-order valence-corrected chi connectivity index (χ2v) is 30.8. The number of carboxylic acids is 1. The number of rotatable bonds is 37. The summed E-state index contributed by atoms with van der Waals surface area (Å²) in [5, 5.41) is 36.9. The molecule has 614 valence electrons. The van der Waals surface area contributed by atoms with Crippen LogP contribution in [0.15, 0.2) is 109 Å². The van der Waals surface area contributed by atoms with Gasteiger partial charge in [0.25, 0.3) is 0 Å². The van der Waals surface area contributed by atoms with Gasteiger partial charge in [0, 0.05) is 79.3 Å². The normalized spacial score (nSPS) is 19.1. The maximum Gasteiger partial charge on any atom is 0.446 e. The molecule has 2 heterocycles. The van der Waals surface area contributed by atoms with Crippen molar-refractivity contribution in [1.29, 1.82) is 0 Å². The van der Waals surface area contributed by atoms with Crippen LogP contribution in [-0.4, -0.2) is 201 Å². The number of esters is 1. The van der Waals surface area contributed by atoms with Crippen LogP contribution >= 0.6 is 0 Å².